The molecule has 2 heterocycles. The van der Waals surface area contributed by atoms with E-state index in [1.165, 1.54) is 5.56 Å². The number of hydrogen-bond donors (Lipinski definition) is 0. The Morgan fingerprint density at radius 1 is 1.31 bits per heavy atom. The lowest BCUT2D eigenvalue weighted by atomic mass is 9.91. The standard InChI is InChI=1S/C21H27N3O2/c1-23(2)20-14-17(9-10-22-20)18-7-5-11-24(15-18)21(25)13-16-6-4-8-19(12-16)26-3/h4,6,8-10,12,14,18H,5,7,11,13,15H2,1-3H3/t18-/m0/s1. The van der Waals surface area contributed by atoms with Gasteiger partial charge in [0, 0.05) is 39.3 Å². The Morgan fingerprint density at radius 2 is 2.15 bits per heavy atom. The Kier molecular flexibility index (Phi) is 5.76. The largest absolute Gasteiger partial charge is 0.497 e. The van der Waals surface area contributed by atoms with Gasteiger partial charge in [-0.05, 0) is 48.2 Å². The molecule has 0 radical (unpaired) electrons. The van der Waals surface area contributed by atoms with E-state index in [1.54, 1.807) is 7.11 Å². The summed E-state index contributed by atoms with van der Waals surface area (Å²) in [6.07, 6.45) is 4.43. The molecule has 5 heteroatoms. The Labute approximate surface area is 155 Å². The third-order valence-electron chi connectivity index (χ3n) is 4.96. The average Bonchev–Trinajstić information content (AvgIpc) is 2.68. The van der Waals surface area contributed by atoms with Crippen LogP contribution in [-0.2, 0) is 11.2 Å². The molecular weight excluding hydrogens is 326 g/mol. The summed E-state index contributed by atoms with van der Waals surface area (Å²) in [5, 5.41) is 0. The summed E-state index contributed by atoms with van der Waals surface area (Å²) in [6.45, 7) is 1.62. The van der Waals surface area contributed by atoms with Crippen LogP contribution >= 0.6 is 0 Å². The summed E-state index contributed by atoms with van der Waals surface area (Å²) >= 11 is 0. The zero-order chi connectivity index (χ0) is 18.5. The van der Waals surface area contributed by atoms with Crippen molar-refractivity contribution in [3.63, 3.8) is 0 Å². The number of benzene rings is 1. The minimum Gasteiger partial charge on any atom is -0.497 e. The van der Waals surface area contributed by atoms with Crippen LogP contribution in [-0.4, -0.2) is 50.1 Å². The lowest BCUT2D eigenvalue weighted by Crippen LogP contribution is -2.40. The maximum atomic E-state index is 12.8. The average molecular weight is 353 g/mol. The van der Waals surface area contributed by atoms with Gasteiger partial charge in [-0.1, -0.05) is 12.1 Å². The molecule has 1 aliphatic rings. The number of likely N-dealkylation sites (tertiary alicyclic amines) is 1. The highest BCUT2D eigenvalue weighted by Crippen LogP contribution is 2.28. The fraction of sp³-hybridized carbons (Fsp3) is 0.429. The smallest absolute Gasteiger partial charge is 0.227 e. The van der Waals surface area contributed by atoms with Gasteiger partial charge < -0.3 is 14.5 Å². The molecule has 1 aromatic heterocycles. The summed E-state index contributed by atoms with van der Waals surface area (Å²) in [6, 6.07) is 12.0. The van der Waals surface area contributed by atoms with Gasteiger partial charge in [0.25, 0.3) is 0 Å². The van der Waals surface area contributed by atoms with Crippen LogP contribution in [0.5, 0.6) is 5.75 Å². The molecule has 2 aromatic rings. The van der Waals surface area contributed by atoms with Crippen LogP contribution in [0.15, 0.2) is 42.6 Å². The number of nitrogens with zero attached hydrogens (tertiary/aromatic N) is 3. The quantitative estimate of drug-likeness (QED) is 0.829. The fourth-order valence-electron chi connectivity index (χ4n) is 3.48. The zero-order valence-electron chi connectivity index (χ0n) is 15.8. The summed E-state index contributed by atoms with van der Waals surface area (Å²) in [7, 11) is 5.64. The molecule has 1 saturated heterocycles. The van der Waals surface area contributed by atoms with E-state index >= 15 is 0 Å². The van der Waals surface area contributed by atoms with Gasteiger partial charge in [-0.15, -0.1) is 0 Å². The second-order valence-electron chi connectivity index (χ2n) is 7.05. The molecular formula is C21H27N3O2. The van der Waals surface area contributed by atoms with Gasteiger partial charge in [-0.3, -0.25) is 4.79 Å². The van der Waals surface area contributed by atoms with Gasteiger partial charge >= 0.3 is 0 Å². The fourth-order valence-corrected chi connectivity index (χ4v) is 3.48. The molecule has 1 amide bonds. The molecule has 0 N–H and O–H groups in total. The summed E-state index contributed by atoms with van der Waals surface area (Å²) < 4.78 is 5.25. The van der Waals surface area contributed by atoms with Crippen LogP contribution in [0.1, 0.15) is 29.9 Å². The number of pyridine rings is 1. The van der Waals surface area contributed by atoms with E-state index in [-0.39, 0.29) is 5.91 Å². The number of carbonyl (C=O) groups excluding carboxylic acids is 1. The third kappa shape index (κ3) is 4.34. The van der Waals surface area contributed by atoms with Crippen LogP contribution in [0.4, 0.5) is 5.82 Å². The van der Waals surface area contributed by atoms with E-state index in [9.17, 15) is 4.79 Å². The van der Waals surface area contributed by atoms with E-state index in [1.807, 2.05) is 54.4 Å². The third-order valence-corrected chi connectivity index (χ3v) is 4.96. The molecule has 138 valence electrons. The van der Waals surface area contributed by atoms with Gasteiger partial charge in [0.05, 0.1) is 13.5 Å². The van der Waals surface area contributed by atoms with Gasteiger partial charge in [-0.2, -0.15) is 0 Å². The van der Waals surface area contributed by atoms with E-state index in [4.69, 9.17) is 4.74 Å². The van der Waals surface area contributed by atoms with E-state index < -0.39 is 0 Å². The maximum absolute atomic E-state index is 12.8. The van der Waals surface area contributed by atoms with Crippen molar-refractivity contribution in [1.29, 1.82) is 0 Å². The Hall–Kier alpha value is -2.56. The highest BCUT2D eigenvalue weighted by molar-refractivity contribution is 5.79. The maximum Gasteiger partial charge on any atom is 0.227 e. The Bertz CT molecular complexity index is 760. The number of anilines is 1. The van der Waals surface area contributed by atoms with E-state index in [2.05, 4.69) is 17.1 Å². The molecule has 0 saturated carbocycles. The van der Waals surface area contributed by atoms with Crippen LogP contribution in [0.25, 0.3) is 0 Å². The number of rotatable bonds is 5. The van der Waals surface area contributed by atoms with E-state index in [0.29, 0.717) is 12.3 Å². The van der Waals surface area contributed by atoms with Crippen LogP contribution in [0.3, 0.4) is 0 Å². The summed E-state index contributed by atoms with van der Waals surface area (Å²) in [5.74, 6) is 2.31. The molecule has 1 aromatic carbocycles. The van der Waals surface area contributed by atoms with Crippen LogP contribution in [0, 0.1) is 0 Å². The lowest BCUT2D eigenvalue weighted by Gasteiger charge is -2.33. The van der Waals surface area contributed by atoms with Crippen LogP contribution in [0.2, 0.25) is 0 Å². The predicted molar refractivity (Wildman–Crippen MR) is 104 cm³/mol. The molecule has 1 aliphatic heterocycles. The van der Waals surface area contributed by atoms with Gasteiger partial charge in [0.15, 0.2) is 0 Å². The van der Waals surface area contributed by atoms with Crippen molar-refractivity contribution < 1.29 is 9.53 Å². The van der Waals surface area contributed by atoms with Crippen molar-refractivity contribution in [1.82, 2.24) is 9.88 Å². The zero-order valence-corrected chi connectivity index (χ0v) is 15.8. The van der Waals surface area contributed by atoms with E-state index in [0.717, 1.165) is 43.1 Å². The number of ether oxygens (including phenoxy) is 1. The second-order valence-corrected chi connectivity index (χ2v) is 7.05. The first-order chi connectivity index (χ1) is 12.6. The summed E-state index contributed by atoms with van der Waals surface area (Å²) in [5.41, 5.74) is 2.26. The normalized spacial score (nSPS) is 17.0. The molecule has 5 nitrogen and oxygen atoms in total. The number of aromatic nitrogens is 1. The topological polar surface area (TPSA) is 45.7 Å². The molecule has 26 heavy (non-hydrogen) atoms. The molecule has 1 atom stereocenters. The molecule has 0 spiro atoms. The lowest BCUT2D eigenvalue weighted by molar-refractivity contribution is -0.131. The summed E-state index contributed by atoms with van der Waals surface area (Å²) in [4.78, 5) is 21.2. The number of amides is 1. The number of piperidine rings is 1. The van der Waals surface area contributed by atoms with Crippen molar-refractivity contribution in [2.75, 3.05) is 39.2 Å². The molecule has 0 aliphatic carbocycles. The van der Waals surface area contributed by atoms with Gasteiger partial charge in [0.1, 0.15) is 11.6 Å². The van der Waals surface area contributed by atoms with Crippen molar-refractivity contribution in [3.05, 3.63) is 53.7 Å². The Balaban J connectivity index is 1.67. The van der Waals surface area contributed by atoms with Crippen LogP contribution < -0.4 is 9.64 Å². The van der Waals surface area contributed by atoms with Crippen molar-refractivity contribution in [2.45, 2.75) is 25.2 Å². The molecule has 3 rings (SSSR count). The van der Waals surface area contributed by atoms with Crippen molar-refractivity contribution in [2.24, 2.45) is 0 Å². The van der Waals surface area contributed by atoms with Crippen molar-refractivity contribution >= 4 is 11.7 Å². The first-order valence-corrected chi connectivity index (χ1v) is 9.11. The second kappa shape index (κ2) is 8.21. The molecule has 0 bridgehead atoms. The SMILES string of the molecule is COc1cccc(CC(=O)N2CCC[C@H](c3ccnc(N(C)C)c3)C2)c1. The monoisotopic (exact) mass is 353 g/mol. The minimum atomic E-state index is 0.185. The first kappa shape index (κ1) is 18.2. The Morgan fingerprint density at radius 3 is 2.92 bits per heavy atom. The molecule has 1 fully saturated rings. The number of hydrogen-bond acceptors (Lipinski definition) is 4. The number of methoxy groups -OCH3 is 1. The highest BCUT2D eigenvalue weighted by Gasteiger charge is 2.25. The predicted octanol–water partition coefficient (Wildman–Crippen LogP) is 3.10. The van der Waals surface area contributed by atoms with Gasteiger partial charge in [-0.25, -0.2) is 4.98 Å². The molecule has 0 unspecified atom stereocenters. The number of carbonyl (C=O) groups is 1. The van der Waals surface area contributed by atoms with Gasteiger partial charge in [0.2, 0.25) is 5.91 Å². The first-order valence-electron chi connectivity index (χ1n) is 9.11. The highest BCUT2D eigenvalue weighted by atomic mass is 16.5. The minimum absolute atomic E-state index is 0.185. The van der Waals surface area contributed by atoms with Crippen molar-refractivity contribution in [3.8, 4) is 5.75 Å².